The largest absolute Gasteiger partial charge is 0.493 e. The molecular weight excluding hydrogens is 283 g/mol. The van der Waals surface area contributed by atoms with E-state index in [9.17, 15) is 18.0 Å². The maximum Gasteiger partial charge on any atom is 0.227 e. The molecule has 2 rings (SSSR count). The van der Waals surface area contributed by atoms with Crippen LogP contribution in [0.1, 0.15) is 6.42 Å². The molecule has 110 valence electrons. The molecule has 0 saturated heterocycles. The Bertz CT molecular complexity index is 629. The van der Waals surface area contributed by atoms with Gasteiger partial charge in [-0.3, -0.25) is 4.79 Å². The molecule has 3 nitrogen and oxygen atoms in total. The van der Waals surface area contributed by atoms with Gasteiger partial charge in [0.15, 0.2) is 0 Å². The van der Waals surface area contributed by atoms with Gasteiger partial charge in [-0.1, -0.05) is 0 Å². The van der Waals surface area contributed by atoms with Gasteiger partial charge in [-0.05, 0) is 36.4 Å². The predicted molar refractivity (Wildman–Crippen MR) is 71.5 cm³/mol. The molecule has 1 amide bonds. The van der Waals surface area contributed by atoms with Crippen LogP contribution in [0.3, 0.4) is 0 Å². The number of hydrogen-bond donors (Lipinski definition) is 1. The first-order valence-electron chi connectivity index (χ1n) is 6.18. The van der Waals surface area contributed by atoms with Crippen LogP contribution in [-0.4, -0.2) is 12.5 Å². The van der Waals surface area contributed by atoms with Crippen LogP contribution in [0.4, 0.5) is 18.9 Å². The van der Waals surface area contributed by atoms with Crippen LogP contribution in [0.5, 0.6) is 5.75 Å². The monoisotopic (exact) mass is 295 g/mol. The Kier molecular flexibility index (Phi) is 4.81. The van der Waals surface area contributed by atoms with Crippen molar-refractivity contribution >= 4 is 11.6 Å². The van der Waals surface area contributed by atoms with Gasteiger partial charge in [-0.2, -0.15) is 0 Å². The van der Waals surface area contributed by atoms with Crippen molar-refractivity contribution in [2.24, 2.45) is 0 Å². The number of hydrogen-bond acceptors (Lipinski definition) is 2. The van der Waals surface area contributed by atoms with Gasteiger partial charge in [-0.15, -0.1) is 0 Å². The summed E-state index contributed by atoms with van der Waals surface area (Å²) in [6.07, 6.45) is -0.0196. The summed E-state index contributed by atoms with van der Waals surface area (Å²) < 4.78 is 43.9. The highest BCUT2D eigenvalue weighted by atomic mass is 19.1. The summed E-state index contributed by atoms with van der Waals surface area (Å²) in [7, 11) is 0. The van der Waals surface area contributed by atoms with E-state index in [-0.39, 0.29) is 24.5 Å². The quantitative estimate of drug-likeness (QED) is 0.916. The maximum atomic E-state index is 13.3. The van der Waals surface area contributed by atoms with Gasteiger partial charge in [0, 0.05) is 6.07 Å². The molecule has 2 aromatic carbocycles. The van der Waals surface area contributed by atoms with Crippen LogP contribution in [0.2, 0.25) is 0 Å². The van der Waals surface area contributed by atoms with Gasteiger partial charge < -0.3 is 10.1 Å². The average molecular weight is 295 g/mol. The van der Waals surface area contributed by atoms with Crippen molar-refractivity contribution in [3.05, 3.63) is 59.9 Å². The number of rotatable bonds is 5. The molecule has 0 spiro atoms. The number of halogens is 3. The van der Waals surface area contributed by atoms with Crippen molar-refractivity contribution in [2.45, 2.75) is 6.42 Å². The molecule has 0 unspecified atom stereocenters. The smallest absolute Gasteiger partial charge is 0.227 e. The number of nitrogens with one attached hydrogen (secondary N) is 1. The fourth-order valence-electron chi connectivity index (χ4n) is 1.60. The fourth-order valence-corrected chi connectivity index (χ4v) is 1.60. The van der Waals surface area contributed by atoms with E-state index in [0.29, 0.717) is 11.8 Å². The van der Waals surface area contributed by atoms with E-state index in [1.807, 2.05) is 0 Å². The fraction of sp³-hybridized carbons (Fsp3) is 0.133. The summed E-state index contributed by atoms with van der Waals surface area (Å²) in [5.74, 6) is -1.99. The Labute approximate surface area is 119 Å². The molecule has 0 aliphatic carbocycles. The molecule has 1 N–H and O–H groups in total. The minimum atomic E-state index is -0.845. The Morgan fingerprint density at radius 1 is 1.00 bits per heavy atom. The van der Waals surface area contributed by atoms with Gasteiger partial charge in [0.1, 0.15) is 23.2 Å². The van der Waals surface area contributed by atoms with Crippen LogP contribution >= 0.6 is 0 Å². The summed E-state index contributed by atoms with van der Waals surface area (Å²) in [6, 6.07) is 8.23. The van der Waals surface area contributed by atoms with E-state index in [0.717, 1.165) is 12.1 Å². The van der Waals surface area contributed by atoms with Gasteiger partial charge in [0.25, 0.3) is 0 Å². The molecule has 0 aliphatic rings. The second kappa shape index (κ2) is 6.78. The molecule has 0 heterocycles. The zero-order valence-electron chi connectivity index (χ0n) is 10.9. The van der Waals surface area contributed by atoms with Crippen molar-refractivity contribution in [1.29, 1.82) is 0 Å². The number of anilines is 1. The Morgan fingerprint density at radius 2 is 1.67 bits per heavy atom. The number of carbonyl (C=O) groups excluding carboxylic acids is 1. The molecule has 0 bridgehead atoms. The molecule has 0 atom stereocenters. The molecule has 6 heteroatoms. The maximum absolute atomic E-state index is 13.3. The third-order valence-corrected chi connectivity index (χ3v) is 2.62. The first kappa shape index (κ1) is 14.9. The first-order valence-corrected chi connectivity index (χ1v) is 6.18. The van der Waals surface area contributed by atoms with Crippen molar-refractivity contribution in [1.82, 2.24) is 0 Å². The highest BCUT2D eigenvalue weighted by Gasteiger charge is 2.08. The third-order valence-electron chi connectivity index (χ3n) is 2.62. The molecule has 0 saturated carbocycles. The molecule has 2 aromatic rings. The Hall–Kier alpha value is -2.50. The van der Waals surface area contributed by atoms with E-state index in [1.54, 1.807) is 0 Å². The van der Waals surface area contributed by atoms with Gasteiger partial charge in [0.05, 0.1) is 18.7 Å². The van der Waals surface area contributed by atoms with Crippen molar-refractivity contribution in [3.63, 3.8) is 0 Å². The van der Waals surface area contributed by atoms with Crippen LogP contribution in [0.25, 0.3) is 0 Å². The predicted octanol–water partition coefficient (Wildman–Crippen LogP) is 3.51. The number of benzene rings is 2. The Balaban J connectivity index is 1.81. The first-order chi connectivity index (χ1) is 10.0. The molecular formula is C15H12F3NO2. The van der Waals surface area contributed by atoms with Crippen LogP contribution in [0, 0.1) is 17.5 Å². The van der Waals surface area contributed by atoms with E-state index in [2.05, 4.69) is 5.32 Å². The van der Waals surface area contributed by atoms with Crippen LogP contribution < -0.4 is 10.1 Å². The standard InChI is InChI=1S/C15H12F3NO2/c16-10-1-4-12(5-2-10)21-8-7-15(20)19-14-6-3-11(17)9-13(14)18/h1-6,9H,7-8H2,(H,19,20). The molecule has 0 aliphatic heterocycles. The van der Waals surface area contributed by atoms with Gasteiger partial charge >= 0.3 is 0 Å². The van der Waals surface area contributed by atoms with Gasteiger partial charge in [-0.25, -0.2) is 13.2 Å². The van der Waals surface area contributed by atoms with E-state index < -0.39 is 17.5 Å². The Morgan fingerprint density at radius 3 is 2.33 bits per heavy atom. The highest BCUT2D eigenvalue weighted by Crippen LogP contribution is 2.15. The summed E-state index contributed by atoms with van der Waals surface area (Å²) >= 11 is 0. The molecule has 0 aromatic heterocycles. The topological polar surface area (TPSA) is 38.3 Å². The second-order valence-electron chi connectivity index (χ2n) is 4.22. The molecule has 0 radical (unpaired) electrons. The van der Waals surface area contributed by atoms with Crippen LogP contribution in [-0.2, 0) is 4.79 Å². The normalized spacial score (nSPS) is 10.2. The van der Waals surface area contributed by atoms with Crippen molar-refractivity contribution in [3.8, 4) is 5.75 Å². The van der Waals surface area contributed by atoms with E-state index >= 15 is 0 Å². The number of amides is 1. The highest BCUT2D eigenvalue weighted by molar-refractivity contribution is 5.90. The van der Waals surface area contributed by atoms with Crippen LogP contribution in [0.15, 0.2) is 42.5 Å². The lowest BCUT2D eigenvalue weighted by Gasteiger charge is -2.08. The number of carbonyl (C=O) groups is 1. The van der Waals surface area contributed by atoms with Crippen molar-refractivity contribution < 1.29 is 22.7 Å². The molecule has 0 fully saturated rings. The summed E-state index contributed by atoms with van der Waals surface area (Å²) in [5, 5.41) is 2.31. The zero-order valence-corrected chi connectivity index (χ0v) is 10.9. The summed E-state index contributed by atoms with van der Waals surface area (Å²) in [5.41, 5.74) is -0.0943. The lowest BCUT2D eigenvalue weighted by Crippen LogP contribution is -2.16. The SMILES string of the molecule is O=C(CCOc1ccc(F)cc1)Nc1ccc(F)cc1F. The van der Waals surface area contributed by atoms with Crippen molar-refractivity contribution in [2.75, 3.05) is 11.9 Å². The summed E-state index contributed by atoms with van der Waals surface area (Å²) in [6.45, 7) is 0.0558. The molecule has 21 heavy (non-hydrogen) atoms. The lowest BCUT2D eigenvalue weighted by molar-refractivity contribution is -0.116. The minimum absolute atomic E-state index is 0.0196. The van der Waals surface area contributed by atoms with Gasteiger partial charge in [0.2, 0.25) is 5.91 Å². The third kappa shape index (κ3) is 4.52. The minimum Gasteiger partial charge on any atom is -0.493 e. The average Bonchev–Trinajstić information content (AvgIpc) is 2.44. The zero-order chi connectivity index (χ0) is 15.2. The number of ether oxygens (including phenoxy) is 1. The second-order valence-corrected chi connectivity index (χ2v) is 4.22. The van der Waals surface area contributed by atoms with E-state index in [4.69, 9.17) is 4.74 Å². The van der Waals surface area contributed by atoms with E-state index in [1.165, 1.54) is 24.3 Å². The lowest BCUT2D eigenvalue weighted by atomic mass is 10.3. The summed E-state index contributed by atoms with van der Waals surface area (Å²) in [4.78, 5) is 11.6.